The molecule has 0 aliphatic rings. The Morgan fingerprint density at radius 3 is 2.86 bits per heavy atom. The van der Waals surface area contributed by atoms with E-state index >= 15 is 0 Å². The van der Waals surface area contributed by atoms with Gasteiger partial charge in [-0.05, 0) is 13.3 Å². The van der Waals surface area contributed by atoms with Crippen LogP contribution in [0.25, 0.3) is 0 Å². The molecule has 1 aromatic rings. The lowest BCUT2D eigenvalue weighted by atomic mass is 10.2. The number of carboxylic acid groups (broad SMARTS) is 1. The quantitative estimate of drug-likeness (QED) is 0.753. The minimum absolute atomic E-state index is 0.0955. The average molecular weight is 198 g/mol. The molecule has 0 bridgehead atoms. The highest BCUT2D eigenvalue weighted by atomic mass is 16.5. The van der Waals surface area contributed by atoms with Crippen LogP contribution in [0.3, 0.4) is 0 Å². The number of imidazole rings is 1. The van der Waals surface area contributed by atoms with Crippen LogP contribution in [0.1, 0.15) is 42.7 Å². The van der Waals surface area contributed by atoms with E-state index in [4.69, 9.17) is 9.84 Å². The van der Waals surface area contributed by atoms with Crippen LogP contribution >= 0.6 is 0 Å². The SMILES string of the molecule is CCOC(CC)c1ncc(C(=O)O)[nH]1. The smallest absolute Gasteiger partial charge is 0.353 e. The summed E-state index contributed by atoms with van der Waals surface area (Å²) in [5, 5.41) is 8.67. The van der Waals surface area contributed by atoms with E-state index < -0.39 is 5.97 Å². The van der Waals surface area contributed by atoms with Crippen molar-refractivity contribution >= 4 is 5.97 Å². The van der Waals surface area contributed by atoms with Gasteiger partial charge in [0.25, 0.3) is 0 Å². The number of carbonyl (C=O) groups is 1. The number of nitrogens with zero attached hydrogens (tertiary/aromatic N) is 1. The molecule has 0 aliphatic heterocycles. The van der Waals surface area contributed by atoms with Crippen LogP contribution in [0, 0.1) is 0 Å². The monoisotopic (exact) mass is 198 g/mol. The number of rotatable bonds is 5. The van der Waals surface area contributed by atoms with Crippen molar-refractivity contribution in [2.24, 2.45) is 0 Å². The summed E-state index contributed by atoms with van der Waals surface area (Å²) < 4.78 is 5.38. The molecule has 0 fully saturated rings. The lowest BCUT2D eigenvalue weighted by molar-refractivity contribution is 0.0537. The number of aromatic amines is 1. The van der Waals surface area contributed by atoms with E-state index in [1.54, 1.807) is 0 Å². The first-order chi connectivity index (χ1) is 6.69. The number of aromatic nitrogens is 2. The fourth-order valence-corrected chi connectivity index (χ4v) is 1.20. The lowest BCUT2D eigenvalue weighted by Crippen LogP contribution is -2.05. The summed E-state index contributed by atoms with van der Waals surface area (Å²) in [7, 11) is 0. The number of nitrogens with one attached hydrogen (secondary N) is 1. The number of H-pyrrole nitrogens is 1. The molecule has 5 nitrogen and oxygen atoms in total. The van der Waals surface area contributed by atoms with E-state index in [1.165, 1.54) is 6.20 Å². The van der Waals surface area contributed by atoms with E-state index in [0.29, 0.717) is 12.4 Å². The Labute approximate surface area is 82.1 Å². The number of carboxylic acids is 1. The Morgan fingerprint density at radius 1 is 1.71 bits per heavy atom. The summed E-state index contributed by atoms with van der Waals surface area (Å²) >= 11 is 0. The Morgan fingerprint density at radius 2 is 2.43 bits per heavy atom. The first-order valence-electron chi connectivity index (χ1n) is 4.58. The van der Waals surface area contributed by atoms with Gasteiger partial charge in [-0.3, -0.25) is 0 Å². The third-order valence-electron chi connectivity index (χ3n) is 1.87. The zero-order chi connectivity index (χ0) is 10.6. The standard InChI is InChI=1S/C9H14N2O3/c1-3-7(14-4-2)8-10-5-6(11-8)9(12)13/h5,7H,3-4H2,1-2H3,(H,10,11)(H,12,13). The van der Waals surface area contributed by atoms with E-state index in [1.807, 2.05) is 13.8 Å². The van der Waals surface area contributed by atoms with Crippen molar-refractivity contribution in [3.05, 3.63) is 17.7 Å². The fourth-order valence-electron chi connectivity index (χ4n) is 1.20. The van der Waals surface area contributed by atoms with Crippen molar-refractivity contribution in [3.63, 3.8) is 0 Å². The van der Waals surface area contributed by atoms with Crippen LogP contribution in [0.15, 0.2) is 6.20 Å². The van der Waals surface area contributed by atoms with E-state index in [2.05, 4.69) is 9.97 Å². The normalized spacial score (nSPS) is 12.7. The van der Waals surface area contributed by atoms with Crippen molar-refractivity contribution in [1.82, 2.24) is 9.97 Å². The first-order valence-corrected chi connectivity index (χ1v) is 4.58. The van der Waals surface area contributed by atoms with Crippen molar-refractivity contribution in [3.8, 4) is 0 Å². The minimum atomic E-state index is -1.00. The number of ether oxygens (including phenoxy) is 1. The maximum Gasteiger partial charge on any atom is 0.353 e. The Balaban J connectivity index is 2.78. The topological polar surface area (TPSA) is 75.2 Å². The third kappa shape index (κ3) is 2.32. The molecule has 1 aromatic heterocycles. The van der Waals surface area contributed by atoms with Crippen LogP contribution in [-0.2, 0) is 4.74 Å². The summed E-state index contributed by atoms with van der Waals surface area (Å²) in [6.07, 6.45) is 1.92. The van der Waals surface area contributed by atoms with Gasteiger partial charge in [-0.15, -0.1) is 0 Å². The van der Waals surface area contributed by atoms with Crippen LogP contribution < -0.4 is 0 Å². The molecule has 0 saturated heterocycles. The Hall–Kier alpha value is -1.36. The maximum absolute atomic E-state index is 10.6. The molecule has 78 valence electrons. The van der Waals surface area contributed by atoms with Gasteiger partial charge in [0.05, 0.1) is 6.20 Å². The van der Waals surface area contributed by atoms with Crippen LogP contribution in [0.2, 0.25) is 0 Å². The zero-order valence-electron chi connectivity index (χ0n) is 8.28. The molecule has 0 aromatic carbocycles. The van der Waals surface area contributed by atoms with Gasteiger partial charge in [0.15, 0.2) is 0 Å². The minimum Gasteiger partial charge on any atom is -0.477 e. The van der Waals surface area contributed by atoms with Crippen molar-refractivity contribution in [2.45, 2.75) is 26.4 Å². The molecule has 0 amide bonds. The highest BCUT2D eigenvalue weighted by Gasteiger charge is 2.15. The average Bonchev–Trinajstić information content (AvgIpc) is 2.63. The number of hydrogen-bond donors (Lipinski definition) is 2. The number of aromatic carboxylic acids is 1. The predicted octanol–water partition coefficient (Wildman–Crippen LogP) is 1.60. The summed E-state index contributed by atoms with van der Waals surface area (Å²) in [4.78, 5) is 17.2. The lowest BCUT2D eigenvalue weighted by Gasteiger charge is -2.11. The van der Waals surface area contributed by atoms with Gasteiger partial charge in [0, 0.05) is 6.61 Å². The van der Waals surface area contributed by atoms with Gasteiger partial charge in [-0.25, -0.2) is 9.78 Å². The predicted molar refractivity (Wildman–Crippen MR) is 50.2 cm³/mol. The molecular weight excluding hydrogens is 184 g/mol. The van der Waals surface area contributed by atoms with Crippen LogP contribution in [0.4, 0.5) is 0 Å². The highest BCUT2D eigenvalue weighted by molar-refractivity contribution is 5.84. The van der Waals surface area contributed by atoms with Gasteiger partial charge in [0.2, 0.25) is 0 Å². The van der Waals surface area contributed by atoms with Gasteiger partial charge in [0.1, 0.15) is 17.6 Å². The second-order valence-electron chi connectivity index (χ2n) is 2.84. The van der Waals surface area contributed by atoms with Gasteiger partial charge >= 0.3 is 5.97 Å². The summed E-state index contributed by atoms with van der Waals surface area (Å²) in [5.74, 6) is -0.429. The molecule has 5 heteroatoms. The molecule has 0 spiro atoms. The summed E-state index contributed by atoms with van der Waals surface area (Å²) in [6, 6.07) is 0. The van der Waals surface area contributed by atoms with E-state index in [-0.39, 0.29) is 11.8 Å². The molecule has 0 aliphatic carbocycles. The first kappa shape index (κ1) is 10.7. The molecule has 0 radical (unpaired) electrons. The van der Waals surface area contributed by atoms with Gasteiger partial charge in [-0.2, -0.15) is 0 Å². The Bertz CT molecular complexity index is 309. The molecule has 2 N–H and O–H groups in total. The van der Waals surface area contributed by atoms with Crippen LogP contribution in [0.5, 0.6) is 0 Å². The molecule has 1 atom stereocenters. The molecular formula is C9H14N2O3. The molecule has 14 heavy (non-hydrogen) atoms. The van der Waals surface area contributed by atoms with E-state index in [9.17, 15) is 4.79 Å². The molecule has 0 saturated carbocycles. The molecule has 1 rings (SSSR count). The molecule has 1 unspecified atom stereocenters. The second-order valence-corrected chi connectivity index (χ2v) is 2.84. The second kappa shape index (κ2) is 4.76. The maximum atomic E-state index is 10.6. The highest BCUT2D eigenvalue weighted by Crippen LogP contribution is 2.17. The van der Waals surface area contributed by atoms with E-state index in [0.717, 1.165) is 6.42 Å². The molecule has 1 heterocycles. The van der Waals surface area contributed by atoms with Crippen molar-refractivity contribution in [1.29, 1.82) is 0 Å². The zero-order valence-corrected chi connectivity index (χ0v) is 8.28. The van der Waals surface area contributed by atoms with Gasteiger partial charge in [-0.1, -0.05) is 6.92 Å². The summed E-state index contributed by atoms with van der Waals surface area (Å²) in [5.41, 5.74) is 0.0955. The van der Waals surface area contributed by atoms with Crippen molar-refractivity contribution < 1.29 is 14.6 Å². The third-order valence-corrected chi connectivity index (χ3v) is 1.87. The van der Waals surface area contributed by atoms with Crippen LogP contribution in [-0.4, -0.2) is 27.7 Å². The number of hydrogen-bond acceptors (Lipinski definition) is 3. The summed E-state index contributed by atoms with van der Waals surface area (Å²) in [6.45, 7) is 4.44. The Kier molecular flexibility index (Phi) is 3.64. The van der Waals surface area contributed by atoms with Gasteiger partial charge < -0.3 is 14.8 Å². The fraction of sp³-hybridized carbons (Fsp3) is 0.556. The largest absolute Gasteiger partial charge is 0.477 e. The van der Waals surface area contributed by atoms with Crippen molar-refractivity contribution in [2.75, 3.05) is 6.61 Å².